The van der Waals surface area contributed by atoms with Gasteiger partial charge in [-0.25, -0.2) is 0 Å². The molecule has 0 aliphatic heterocycles. The van der Waals surface area contributed by atoms with Crippen LogP contribution in [0.3, 0.4) is 0 Å². The second kappa shape index (κ2) is 7.92. The molecule has 0 fully saturated rings. The quantitative estimate of drug-likeness (QED) is 0.751. The van der Waals surface area contributed by atoms with Gasteiger partial charge in [0.2, 0.25) is 0 Å². The maximum atomic E-state index is 9.97. The Morgan fingerprint density at radius 3 is 2.26 bits per heavy atom. The minimum atomic E-state index is -0.477. The highest BCUT2D eigenvalue weighted by Crippen LogP contribution is 2.28. The Balaban J connectivity index is 2.28. The molecule has 0 aliphatic rings. The number of aryl methyl sites for hydroxylation is 2. The van der Waals surface area contributed by atoms with Crippen LogP contribution in [0.2, 0.25) is 0 Å². The summed E-state index contributed by atoms with van der Waals surface area (Å²) in [5.74, 6) is 0.672. The lowest BCUT2D eigenvalue weighted by atomic mass is 9.92. The molecule has 4 heteroatoms. The molecule has 0 saturated heterocycles. The second-order valence-electron chi connectivity index (χ2n) is 6.31. The van der Waals surface area contributed by atoms with E-state index in [9.17, 15) is 5.11 Å². The molecular weight excluding hydrogens is 307 g/mol. The van der Waals surface area contributed by atoms with Gasteiger partial charge >= 0.3 is 0 Å². The molecule has 124 valence electrons. The Kier molecular flexibility index (Phi) is 6.17. The fraction of sp³-hybridized carbons (Fsp3) is 0.368. The van der Waals surface area contributed by atoms with Crippen LogP contribution in [0.1, 0.15) is 53.1 Å². The molecule has 0 aliphatic carbocycles. The van der Waals surface area contributed by atoms with Gasteiger partial charge in [0.15, 0.2) is 9.03 Å². The Hall–Kier alpha value is -1.41. The summed E-state index contributed by atoms with van der Waals surface area (Å²) in [5.41, 5.74) is 7.04. The second-order valence-corrected chi connectivity index (χ2v) is 6.78. The lowest BCUT2D eigenvalue weighted by Gasteiger charge is -2.15. The van der Waals surface area contributed by atoms with Crippen molar-refractivity contribution in [1.82, 2.24) is 0 Å². The molecule has 2 aromatic rings. The number of aromatic hydroxyl groups is 1. The fourth-order valence-electron chi connectivity index (χ4n) is 2.94. The molecule has 0 bridgehead atoms. The van der Waals surface area contributed by atoms with Crippen LogP contribution in [-0.4, -0.2) is 10.00 Å². The van der Waals surface area contributed by atoms with E-state index in [0.29, 0.717) is 18.3 Å². The summed E-state index contributed by atoms with van der Waals surface area (Å²) in [5, 5.41) is 9.97. The van der Waals surface area contributed by atoms with Gasteiger partial charge in [-0.2, -0.15) is 0 Å². The van der Waals surface area contributed by atoms with Gasteiger partial charge in [0.05, 0.1) is 6.61 Å². The van der Waals surface area contributed by atoms with E-state index < -0.39 is 9.03 Å². The number of phenols is 1. The van der Waals surface area contributed by atoms with Crippen LogP contribution in [0.4, 0.5) is 0 Å². The number of phenolic OH excluding ortho intramolecular Hbond substituents is 1. The van der Waals surface area contributed by atoms with Crippen molar-refractivity contribution in [2.24, 2.45) is 0 Å². The molecule has 3 nitrogen and oxygen atoms in total. The summed E-state index contributed by atoms with van der Waals surface area (Å²) in [6.07, 6.45) is 0.848. The SMILES string of the molecule is Cc1cc(COPO)cc(C)c1Cc1ccc(O)c(C(C)C)c1. The number of benzene rings is 2. The highest BCUT2D eigenvalue weighted by atomic mass is 31.1. The van der Waals surface area contributed by atoms with Gasteiger partial charge in [-0.1, -0.05) is 38.1 Å². The molecular formula is C19H25O3P. The average Bonchev–Trinajstić information content (AvgIpc) is 2.50. The molecule has 1 atom stereocenters. The predicted molar refractivity (Wildman–Crippen MR) is 96.2 cm³/mol. The average molecular weight is 332 g/mol. The van der Waals surface area contributed by atoms with Crippen molar-refractivity contribution in [2.45, 2.75) is 46.6 Å². The molecule has 2 rings (SSSR count). The van der Waals surface area contributed by atoms with Gasteiger partial charge in [-0.15, -0.1) is 0 Å². The molecule has 2 N–H and O–H groups in total. The minimum Gasteiger partial charge on any atom is -0.508 e. The van der Waals surface area contributed by atoms with Gasteiger partial charge in [0.25, 0.3) is 0 Å². The van der Waals surface area contributed by atoms with E-state index in [4.69, 9.17) is 9.42 Å². The lowest BCUT2D eigenvalue weighted by Crippen LogP contribution is -2.00. The molecule has 0 radical (unpaired) electrons. The van der Waals surface area contributed by atoms with E-state index in [-0.39, 0.29) is 0 Å². The van der Waals surface area contributed by atoms with Crippen molar-refractivity contribution < 1.29 is 14.5 Å². The van der Waals surface area contributed by atoms with Gasteiger partial charge in [0.1, 0.15) is 5.75 Å². The third-order valence-electron chi connectivity index (χ3n) is 4.15. The van der Waals surface area contributed by atoms with Gasteiger partial charge in [-0.05, 0) is 65.6 Å². The predicted octanol–water partition coefficient (Wildman–Crippen LogP) is 4.74. The number of hydrogen-bond donors (Lipinski definition) is 2. The first kappa shape index (κ1) is 17.9. The molecule has 0 spiro atoms. The van der Waals surface area contributed by atoms with Gasteiger partial charge in [0, 0.05) is 0 Å². The molecule has 23 heavy (non-hydrogen) atoms. The first-order valence-corrected chi connectivity index (χ1v) is 8.69. The van der Waals surface area contributed by atoms with Gasteiger partial charge < -0.3 is 14.5 Å². The highest BCUT2D eigenvalue weighted by molar-refractivity contribution is 7.24. The zero-order valence-corrected chi connectivity index (χ0v) is 15.2. The van der Waals surface area contributed by atoms with Crippen molar-refractivity contribution in [3.63, 3.8) is 0 Å². The van der Waals surface area contributed by atoms with Crippen LogP contribution < -0.4 is 0 Å². The normalized spacial score (nSPS) is 11.7. The van der Waals surface area contributed by atoms with Crippen molar-refractivity contribution in [2.75, 3.05) is 0 Å². The first-order chi connectivity index (χ1) is 10.9. The molecule has 0 amide bonds. The maximum Gasteiger partial charge on any atom is 0.152 e. The largest absolute Gasteiger partial charge is 0.508 e. The summed E-state index contributed by atoms with van der Waals surface area (Å²) in [7, 11) is -0.477. The van der Waals surface area contributed by atoms with Crippen molar-refractivity contribution in [3.8, 4) is 5.75 Å². The maximum absolute atomic E-state index is 9.97. The number of rotatable bonds is 6. The Labute approximate surface area is 140 Å². The van der Waals surface area contributed by atoms with E-state index in [0.717, 1.165) is 17.5 Å². The van der Waals surface area contributed by atoms with E-state index in [2.05, 4.69) is 45.9 Å². The van der Waals surface area contributed by atoms with Crippen molar-refractivity contribution in [3.05, 3.63) is 63.7 Å². The van der Waals surface area contributed by atoms with Crippen LogP contribution in [0.25, 0.3) is 0 Å². The van der Waals surface area contributed by atoms with Crippen LogP contribution in [0, 0.1) is 13.8 Å². The number of hydrogen-bond acceptors (Lipinski definition) is 3. The van der Waals surface area contributed by atoms with E-state index in [1.807, 2.05) is 6.07 Å². The zero-order valence-electron chi connectivity index (χ0n) is 14.2. The first-order valence-electron chi connectivity index (χ1n) is 7.84. The van der Waals surface area contributed by atoms with Crippen LogP contribution in [0.15, 0.2) is 30.3 Å². The molecule has 2 aromatic carbocycles. The van der Waals surface area contributed by atoms with Crippen molar-refractivity contribution >= 4 is 9.03 Å². The summed E-state index contributed by atoms with van der Waals surface area (Å²) < 4.78 is 5.10. The minimum absolute atomic E-state index is 0.302. The van der Waals surface area contributed by atoms with E-state index in [1.54, 1.807) is 6.07 Å². The smallest absolute Gasteiger partial charge is 0.152 e. The third-order valence-corrected chi connectivity index (χ3v) is 4.43. The van der Waals surface area contributed by atoms with Crippen LogP contribution in [0.5, 0.6) is 5.75 Å². The third kappa shape index (κ3) is 4.54. The Morgan fingerprint density at radius 1 is 1.04 bits per heavy atom. The molecule has 1 unspecified atom stereocenters. The Morgan fingerprint density at radius 2 is 1.70 bits per heavy atom. The molecule has 0 aromatic heterocycles. The zero-order chi connectivity index (χ0) is 17.0. The van der Waals surface area contributed by atoms with Crippen LogP contribution in [-0.2, 0) is 17.6 Å². The summed E-state index contributed by atoms with van der Waals surface area (Å²) >= 11 is 0. The highest BCUT2D eigenvalue weighted by Gasteiger charge is 2.10. The monoisotopic (exact) mass is 332 g/mol. The Bertz CT molecular complexity index is 657. The van der Waals surface area contributed by atoms with Gasteiger partial charge in [-0.3, -0.25) is 0 Å². The fourth-order valence-corrected chi connectivity index (χ4v) is 3.17. The summed E-state index contributed by atoms with van der Waals surface area (Å²) in [6.45, 7) is 8.83. The van der Waals surface area contributed by atoms with Crippen LogP contribution >= 0.6 is 9.03 Å². The van der Waals surface area contributed by atoms with E-state index >= 15 is 0 Å². The molecule has 0 saturated carbocycles. The summed E-state index contributed by atoms with van der Waals surface area (Å²) in [4.78, 5) is 8.79. The summed E-state index contributed by atoms with van der Waals surface area (Å²) in [6, 6.07) is 10.1. The topological polar surface area (TPSA) is 49.7 Å². The standard InChI is InChI=1S/C19H25O3P/c1-12(2)17-9-15(5-6-19(17)20)10-18-13(3)7-16(8-14(18)4)11-22-23-21/h5-9,12,20-21,23H,10-11H2,1-4H3. The van der Waals surface area contributed by atoms with Crippen molar-refractivity contribution in [1.29, 1.82) is 0 Å². The lowest BCUT2D eigenvalue weighted by molar-refractivity contribution is 0.316. The molecule has 0 heterocycles. The van der Waals surface area contributed by atoms with E-state index in [1.165, 1.54) is 22.3 Å².